The minimum Gasteiger partial charge on any atom is -0.427 e. The standard InChI is InChI=1S/C32H34O4/c1-23(2)11-14-25(4)26(5)15-16-27(6)35-31(33)9-7-8-10-32(34)36-30-21-19-29(20-22-30)28-17-12-24(3)13-18-28/h11-22H,1,4-10H2,2-3H3/b14-11-,16-15-. The molecule has 0 heterocycles. The lowest BCUT2D eigenvalue weighted by atomic mass is 10.0. The van der Waals surface area contributed by atoms with E-state index in [4.69, 9.17) is 9.47 Å². The monoisotopic (exact) mass is 482 g/mol. The van der Waals surface area contributed by atoms with Crippen LogP contribution in [-0.2, 0) is 14.3 Å². The molecule has 36 heavy (non-hydrogen) atoms. The lowest BCUT2D eigenvalue weighted by Crippen LogP contribution is -2.08. The average molecular weight is 483 g/mol. The number of hydrogen-bond donors (Lipinski definition) is 0. The molecule has 0 aliphatic rings. The number of esters is 2. The van der Waals surface area contributed by atoms with E-state index in [0.29, 0.717) is 24.2 Å². The van der Waals surface area contributed by atoms with Crippen LogP contribution >= 0.6 is 0 Å². The first-order valence-corrected chi connectivity index (χ1v) is 11.8. The maximum absolute atomic E-state index is 12.1. The van der Waals surface area contributed by atoms with Gasteiger partial charge in [0.15, 0.2) is 0 Å². The van der Waals surface area contributed by atoms with Gasteiger partial charge in [-0.3, -0.25) is 9.59 Å². The molecule has 0 fully saturated rings. The van der Waals surface area contributed by atoms with E-state index in [1.54, 1.807) is 24.3 Å². The van der Waals surface area contributed by atoms with Gasteiger partial charge in [0.2, 0.25) is 0 Å². The third-order valence-electron chi connectivity index (χ3n) is 5.18. The van der Waals surface area contributed by atoms with E-state index in [2.05, 4.69) is 50.6 Å². The van der Waals surface area contributed by atoms with Crippen LogP contribution in [0.5, 0.6) is 5.75 Å². The molecule has 186 valence electrons. The maximum Gasteiger partial charge on any atom is 0.311 e. The van der Waals surface area contributed by atoms with Crippen molar-refractivity contribution >= 4 is 11.9 Å². The van der Waals surface area contributed by atoms with Crippen molar-refractivity contribution in [3.63, 3.8) is 0 Å². The van der Waals surface area contributed by atoms with Crippen LogP contribution in [0.3, 0.4) is 0 Å². The van der Waals surface area contributed by atoms with Crippen molar-refractivity contribution in [3.05, 3.63) is 127 Å². The van der Waals surface area contributed by atoms with Crippen LogP contribution in [0.4, 0.5) is 0 Å². The lowest BCUT2D eigenvalue weighted by Gasteiger charge is -2.07. The Morgan fingerprint density at radius 3 is 1.78 bits per heavy atom. The molecular formula is C32H34O4. The van der Waals surface area contributed by atoms with Gasteiger partial charge in [-0.1, -0.05) is 92.1 Å². The molecule has 0 saturated heterocycles. The third kappa shape index (κ3) is 10.4. The van der Waals surface area contributed by atoms with Gasteiger partial charge >= 0.3 is 11.9 Å². The van der Waals surface area contributed by atoms with Gasteiger partial charge in [0, 0.05) is 12.8 Å². The molecule has 0 aliphatic carbocycles. The minimum atomic E-state index is -0.406. The summed E-state index contributed by atoms with van der Waals surface area (Å²) in [5, 5.41) is 0. The topological polar surface area (TPSA) is 52.6 Å². The fourth-order valence-electron chi connectivity index (χ4n) is 3.06. The van der Waals surface area contributed by atoms with Gasteiger partial charge in [-0.25, -0.2) is 0 Å². The highest BCUT2D eigenvalue weighted by Gasteiger charge is 2.08. The summed E-state index contributed by atoms with van der Waals surface area (Å²) < 4.78 is 10.6. The second-order valence-corrected chi connectivity index (χ2v) is 8.58. The first kappa shape index (κ1) is 28.1. The SMILES string of the molecule is C=C(C)/C=C\C(=C)C(=C)/C=C\C(=C)OC(=O)CCCCC(=O)Oc1ccc(-c2ccc(C)cc2)cc1. The largest absolute Gasteiger partial charge is 0.427 e. The fraction of sp³-hybridized carbons (Fsp3) is 0.188. The average Bonchev–Trinajstić information content (AvgIpc) is 2.84. The van der Waals surface area contributed by atoms with Crippen LogP contribution in [0.1, 0.15) is 38.2 Å². The zero-order chi connectivity index (χ0) is 26.5. The molecule has 0 amide bonds. The van der Waals surface area contributed by atoms with E-state index < -0.39 is 5.97 Å². The molecule has 2 aromatic rings. The Morgan fingerprint density at radius 1 is 0.722 bits per heavy atom. The molecule has 0 atom stereocenters. The third-order valence-corrected chi connectivity index (χ3v) is 5.18. The Kier molecular flexibility index (Phi) is 11.1. The molecule has 2 rings (SSSR count). The van der Waals surface area contributed by atoms with E-state index in [9.17, 15) is 9.59 Å². The minimum absolute atomic E-state index is 0.181. The summed E-state index contributed by atoms with van der Waals surface area (Å²) in [6.07, 6.45) is 8.33. The number of rotatable bonds is 13. The Bertz CT molecular complexity index is 1180. The summed E-state index contributed by atoms with van der Waals surface area (Å²) in [7, 11) is 0. The fourth-order valence-corrected chi connectivity index (χ4v) is 3.06. The smallest absolute Gasteiger partial charge is 0.311 e. The molecule has 0 spiro atoms. The van der Waals surface area contributed by atoms with Gasteiger partial charge in [-0.15, -0.1) is 0 Å². The molecule has 0 bridgehead atoms. The molecule has 0 unspecified atom stereocenters. The highest BCUT2D eigenvalue weighted by Crippen LogP contribution is 2.23. The molecule has 2 aromatic carbocycles. The van der Waals surface area contributed by atoms with Crippen molar-refractivity contribution in [2.75, 3.05) is 0 Å². The summed E-state index contributed by atoms with van der Waals surface area (Å²) in [6, 6.07) is 15.7. The first-order valence-electron chi connectivity index (χ1n) is 11.8. The Hall–Kier alpha value is -4.18. The zero-order valence-electron chi connectivity index (χ0n) is 21.2. The van der Waals surface area contributed by atoms with Crippen molar-refractivity contribution in [2.45, 2.75) is 39.5 Å². The summed E-state index contributed by atoms with van der Waals surface area (Å²) in [6.45, 7) is 19.3. The number of hydrogen-bond acceptors (Lipinski definition) is 4. The molecule has 0 aromatic heterocycles. The normalized spacial score (nSPS) is 10.8. The van der Waals surface area contributed by atoms with Crippen molar-refractivity contribution in [3.8, 4) is 16.9 Å². The second kappa shape index (κ2) is 14.3. The summed E-state index contributed by atoms with van der Waals surface area (Å²) in [5.41, 5.74) is 5.67. The summed E-state index contributed by atoms with van der Waals surface area (Å²) in [4.78, 5) is 24.1. The molecule has 0 N–H and O–H groups in total. The van der Waals surface area contributed by atoms with Crippen LogP contribution in [-0.4, -0.2) is 11.9 Å². The van der Waals surface area contributed by atoms with Crippen molar-refractivity contribution in [1.29, 1.82) is 0 Å². The summed E-state index contributed by atoms with van der Waals surface area (Å²) in [5.74, 6) is -0.0290. The predicted molar refractivity (Wildman–Crippen MR) is 147 cm³/mol. The zero-order valence-corrected chi connectivity index (χ0v) is 21.2. The Labute approximate surface area is 214 Å². The van der Waals surface area contributed by atoms with Crippen LogP contribution in [0, 0.1) is 6.92 Å². The highest BCUT2D eigenvalue weighted by atomic mass is 16.5. The van der Waals surface area contributed by atoms with Crippen LogP contribution < -0.4 is 4.74 Å². The molecule has 0 radical (unpaired) electrons. The number of carbonyl (C=O) groups excluding carboxylic acids is 2. The number of benzene rings is 2. The number of ether oxygens (including phenoxy) is 2. The van der Waals surface area contributed by atoms with Crippen LogP contribution in [0.25, 0.3) is 11.1 Å². The van der Waals surface area contributed by atoms with Crippen LogP contribution in [0.2, 0.25) is 0 Å². The van der Waals surface area contributed by atoms with Gasteiger partial charge < -0.3 is 9.47 Å². The van der Waals surface area contributed by atoms with E-state index in [1.165, 1.54) is 5.56 Å². The predicted octanol–water partition coefficient (Wildman–Crippen LogP) is 7.99. The van der Waals surface area contributed by atoms with Crippen molar-refractivity contribution in [1.82, 2.24) is 0 Å². The van der Waals surface area contributed by atoms with Gasteiger partial charge in [0.1, 0.15) is 11.5 Å². The number of unbranched alkanes of at least 4 members (excludes halogenated alkanes) is 1. The molecule has 0 saturated carbocycles. The van der Waals surface area contributed by atoms with E-state index in [0.717, 1.165) is 22.3 Å². The van der Waals surface area contributed by atoms with Crippen molar-refractivity contribution < 1.29 is 19.1 Å². The number of aryl methyl sites for hydroxylation is 1. The number of allylic oxidation sites excluding steroid dienone is 7. The van der Waals surface area contributed by atoms with Gasteiger partial charge in [0.25, 0.3) is 0 Å². The van der Waals surface area contributed by atoms with Gasteiger partial charge in [-0.05, 0) is 67.2 Å². The van der Waals surface area contributed by atoms with Gasteiger partial charge in [0.05, 0.1) is 0 Å². The Balaban J connectivity index is 1.67. The molecular weight excluding hydrogens is 448 g/mol. The second-order valence-electron chi connectivity index (χ2n) is 8.58. The lowest BCUT2D eigenvalue weighted by molar-refractivity contribution is -0.139. The highest BCUT2D eigenvalue weighted by molar-refractivity contribution is 5.73. The molecule has 4 heteroatoms. The number of carbonyl (C=O) groups is 2. The molecule has 0 aliphatic heterocycles. The summed E-state index contributed by atoms with van der Waals surface area (Å²) >= 11 is 0. The maximum atomic E-state index is 12.1. The quantitative estimate of drug-likeness (QED) is 0.0954. The van der Waals surface area contributed by atoms with E-state index in [-0.39, 0.29) is 24.6 Å². The molecule has 4 nitrogen and oxygen atoms in total. The van der Waals surface area contributed by atoms with E-state index in [1.807, 2.05) is 38.1 Å². The Morgan fingerprint density at radius 2 is 1.22 bits per heavy atom. The van der Waals surface area contributed by atoms with Crippen molar-refractivity contribution in [2.24, 2.45) is 0 Å². The van der Waals surface area contributed by atoms with Crippen LogP contribution in [0.15, 0.2) is 122 Å². The van der Waals surface area contributed by atoms with E-state index >= 15 is 0 Å². The first-order chi connectivity index (χ1) is 17.1. The van der Waals surface area contributed by atoms with Gasteiger partial charge in [-0.2, -0.15) is 0 Å².